The van der Waals surface area contributed by atoms with E-state index in [1.54, 1.807) is 0 Å². The summed E-state index contributed by atoms with van der Waals surface area (Å²) in [5.74, 6) is 0.299. The average Bonchev–Trinajstić information content (AvgIpc) is 2.47. The molecule has 0 saturated heterocycles. The van der Waals surface area contributed by atoms with E-state index >= 15 is 0 Å². The van der Waals surface area contributed by atoms with E-state index in [0.717, 1.165) is 19.3 Å². The summed E-state index contributed by atoms with van der Waals surface area (Å²) in [7, 11) is 0. The molecule has 1 fully saturated rings. The number of esters is 1. The van der Waals surface area contributed by atoms with Gasteiger partial charge in [-0.05, 0) is 36.7 Å². The zero-order valence-corrected chi connectivity index (χ0v) is 14.7. The Morgan fingerprint density at radius 3 is 2.43 bits per heavy atom. The highest BCUT2D eigenvalue weighted by Gasteiger charge is 2.41. The van der Waals surface area contributed by atoms with Crippen molar-refractivity contribution in [3.05, 3.63) is 35.9 Å². The van der Waals surface area contributed by atoms with Gasteiger partial charge >= 0.3 is 5.97 Å². The monoisotopic (exact) mass is 316 g/mol. The van der Waals surface area contributed by atoms with Crippen LogP contribution in [0.1, 0.15) is 58.9 Å². The molecule has 126 valence electrons. The maximum absolute atomic E-state index is 12.0. The van der Waals surface area contributed by atoms with Crippen molar-refractivity contribution < 1.29 is 14.3 Å². The Morgan fingerprint density at radius 1 is 1.17 bits per heavy atom. The molecule has 0 radical (unpaired) electrons. The molecule has 0 bridgehead atoms. The van der Waals surface area contributed by atoms with Crippen molar-refractivity contribution in [1.82, 2.24) is 0 Å². The second kappa shape index (κ2) is 7.29. The summed E-state index contributed by atoms with van der Waals surface area (Å²) in [6.45, 7) is 8.09. The van der Waals surface area contributed by atoms with Crippen molar-refractivity contribution in [3.8, 4) is 0 Å². The second-order valence-corrected chi connectivity index (χ2v) is 7.52. The third kappa shape index (κ3) is 4.43. The Labute approximate surface area is 139 Å². The molecule has 1 aromatic carbocycles. The molecule has 1 saturated carbocycles. The van der Waals surface area contributed by atoms with Crippen molar-refractivity contribution in [2.45, 2.75) is 64.9 Å². The van der Waals surface area contributed by atoms with Gasteiger partial charge in [-0.2, -0.15) is 0 Å². The van der Waals surface area contributed by atoms with E-state index in [1.807, 2.05) is 6.07 Å². The lowest BCUT2D eigenvalue weighted by Crippen LogP contribution is -2.43. The summed E-state index contributed by atoms with van der Waals surface area (Å²) in [4.78, 5) is 23.2. The van der Waals surface area contributed by atoms with Gasteiger partial charge in [0, 0.05) is 5.92 Å². The van der Waals surface area contributed by atoms with Crippen molar-refractivity contribution >= 4 is 11.8 Å². The van der Waals surface area contributed by atoms with E-state index in [-0.39, 0.29) is 35.6 Å². The maximum atomic E-state index is 12.0. The van der Waals surface area contributed by atoms with Crippen LogP contribution in [0.25, 0.3) is 0 Å². The second-order valence-electron chi connectivity index (χ2n) is 7.52. The van der Waals surface area contributed by atoms with Gasteiger partial charge in [0.1, 0.15) is 18.3 Å². The molecule has 0 heterocycles. The fourth-order valence-electron chi connectivity index (χ4n) is 3.78. The molecule has 3 nitrogen and oxygen atoms in total. The maximum Gasteiger partial charge on any atom is 0.313 e. The molecule has 3 atom stereocenters. The highest BCUT2D eigenvalue weighted by molar-refractivity contribution is 5.94. The Kier molecular flexibility index (Phi) is 5.61. The van der Waals surface area contributed by atoms with Crippen LogP contribution in [0.3, 0.4) is 0 Å². The van der Waals surface area contributed by atoms with Gasteiger partial charge in [-0.1, -0.05) is 57.5 Å². The first-order valence-corrected chi connectivity index (χ1v) is 8.55. The van der Waals surface area contributed by atoms with Crippen molar-refractivity contribution in [3.63, 3.8) is 0 Å². The van der Waals surface area contributed by atoms with Gasteiger partial charge in [-0.25, -0.2) is 0 Å². The summed E-state index contributed by atoms with van der Waals surface area (Å²) >= 11 is 0. The Hall–Kier alpha value is -1.64. The molecule has 0 aromatic heterocycles. The van der Waals surface area contributed by atoms with Crippen LogP contribution in [0, 0.1) is 11.8 Å². The number of hydrogen-bond donors (Lipinski definition) is 0. The number of ketones is 1. The normalized spacial score (nSPS) is 25.0. The van der Waals surface area contributed by atoms with E-state index in [2.05, 4.69) is 45.0 Å². The van der Waals surface area contributed by atoms with Gasteiger partial charge in [0.05, 0.1) is 0 Å². The van der Waals surface area contributed by atoms with Gasteiger partial charge in [-0.3, -0.25) is 9.59 Å². The molecule has 0 amide bonds. The van der Waals surface area contributed by atoms with Gasteiger partial charge in [0.15, 0.2) is 0 Å². The molecule has 0 unspecified atom stereocenters. The first-order valence-electron chi connectivity index (χ1n) is 8.55. The number of hydrogen-bond acceptors (Lipinski definition) is 3. The Balaban J connectivity index is 2.19. The summed E-state index contributed by atoms with van der Waals surface area (Å²) < 4.78 is 5.73. The van der Waals surface area contributed by atoms with E-state index < -0.39 is 0 Å². The number of Topliss-reactive ketones (excluding diaryl/α,β-unsaturated/α-hetero) is 1. The zero-order chi connectivity index (χ0) is 17.0. The SMILES string of the molecule is CC(=O)CC(=O)O[C@@H]1C[C@H](C)CC[C@H]1C(C)(C)c1ccccc1. The molecule has 1 aliphatic rings. The summed E-state index contributed by atoms with van der Waals surface area (Å²) in [6.07, 6.45) is 2.84. The molecular formula is C20H28O3. The van der Waals surface area contributed by atoms with Crippen molar-refractivity contribution in [2.24, 2.45) is 11.8 Å². The third-order valence-electron chi connectivity index (χ3n) is 5.17. The predicted molar refractivity (Wildman–Crippen MR) is 91.2 cm³/mol. The largest absolute Gasteiger partial charge is 0.462 e. The minimum absolute atomic E-state index is 0.0669. The number of carbonyl (C=O) groups excluding carboxylic acids is 2. The third-order valence-corrected chi connectivity index (χ3v) is 5.17. The minimum Gasteiger partial charge on any atom is -0.462 e. The highest BCUT2D eigenvalue weighted by Crippen LogP contribution is 2.43. The minimum atomic E-state index is -0.384. The van der Waals surface area contributed by atoms with Gasteiger partial charge in [0.2, 0.25) is 0 Å². The molecule has 0 N–H and O–H groups in total. The highest BCUT2D eigenvalue weighted by atomic mass is 16.5. The van der Waals surface area contributed by atoms with Crippen molar-refractivity contribution in [1.29, 1.82) is 0 Å². The number of benzene rings is 1. The van der Waals surface area contributed by atoms with Crippen LogP contribution in [0.2, 0.25) is 0 Å². The van der Waals surface area contributed by atoms with Crippen LogP contribution in [0.4, 0.5) is 0 Å². The molecule has 0 aliphatic heterocycles. The first-order chi connectivity index (χ1) is 10.8. The molecule has 1 aromatic rings. The van der Waals surface area contributed by atoms with Crippen LogP contribution < -0.4 is 0 Å². The van der Waals surface area contributed by atoms with E-state index in [9.17, 15) is 9.59 Å². The van der Waals surface area contributed by atoms with E-state index in [0.29, 0.717) is 5.92 Å². The van der Waals surface area contributed by atoms with E-state index in [1.165, 1.54) is 12.5 Å². The first kappa shape index (κ1) is 17.7. The van der Waals surface area contributed by atoms with Gasteiger partial charge in [0.25, 0.3) is 0 Å². The van der Waals surface area contributed by atoms with Crippen LogP contribution >= 0.6 is 0 Å². The Morgan fingerprint density at radius 2 is 1.83 bits per heavy atom. The van der Waals surface area contributed by atoms with E-state index in [4.69, 9.17) is 4.74 Å². The molecular weight excluding hydrogens is 288 g/mol. The topological polar surface area (TPSA) is 43.4 Å². The quantitative estimate of drug-likeness (QED) is 0.601. The molecule has 0 spiro atoms. The fourth-order valence-corrected chi connectivity index (χ4v) is 3.78. The predicted octanol–water partition coefficient (Wildman–Crippen LogP) is 4.29. The summed E-state index contributed by atoms with van der Waals surface area (Å²) in [5, 5.41) is 0. The van der Waals surface area contributed by atoms with Gasteiger partial charge in [-0.15, -0.1) is 0 Å². The lowest BCUT2D eigenvalue weighted by atomic mass is 9.64. The van der Waals surface area contributed by atoms with Crippen LogP contribution in [-0.4, -0.2) is 17.9 Å². The number of carbonyl (C=O) groups is 2. The summed E-state index contributed by atoms with van der Waals surface area (Å²) in [5.41, 5.74) is 1.20. The lowest BCUT2D eigenvalue weighted by Gasteiger charge is -2.44. The zero-order valence-electron chi connectivity index (χ0n) is 14.7. The van der Waals surface area contributed by atoms with Crippen LogP contribution in [-0.2, 0) is 19.7 Å². The molecule has 2 rings (SSSR count). The Bertz CT molecular complexity index is 547. The standard InChI is InChI=1S/C20H28O3/c1-14-10-11-17(18(12-14)23-19(22)13-15(2)21)20(3,4)16-8-6-5-7-9-16/h5-9,14,17-18H,10-13H2,1-4H3/t14-,17-,18-/m1/s1. The molecule has 23 heavy (non-hydrogen) atoms. The fraction of sp³-hybridized carbons (Fsp3) is 0.600. The summed E-state index contributed by atoms with van der Waals surface area (Å²) in [6, 6.07) is 10.4. The number of ether oxygens (including phenoxy) is 1. The number of rotatable bonds is 5. The van der Waals surface area contributed by atoms with Gasteiger partial charge < -0.3 is 4.74 Å². The van der Waals surface area contributed by atoms with Crippen LogP contribution in [0.5, 0.6) is 0 Å². The molecule has 3 heteroatoms. The average molecular weight is 316 g/mol. The van der Waals surface area contributed by atoms with Crippen molar-refractivity contribution in [2.75, 3.05) is 0 Å². The smallest absolute Gasteiger partial charge is 0.313 e. The molecule has 1 aliphatic carbocycles. The van der Waals surface area contributed by atoms with Crippen LogP contribution in [0.15, 0.2) is 30.3 Å². The lowest BCUT2D eigenvalue weighted by molar-refractivity contribution is -0.157.